The molecule has 1 heterocycles. The predicted molar refractivity (Wildman–Crippen MR) is 89.3 cm³/mol. The molecular formula is C19H11F3N2O2. The molecule has 1 N–H and O–H groups in total. The Bertz CT molecular complexity index is 1030. The fourth-order valence-electron chi connectivity index (χ4n) is 2.49. The fourth-order valence-corrected chi connectivity index (χ4v) is 2.49. The number of nitriles is 1. The molecule has 0 bridgehead atoms. The van der Waals surface area contributed by atoms with Crippen LogP contribution in [0.3, 0.4) is 0 Å². The Hall–Kier alpha value is -3.53. The molecule has 26 heavy (non-hydrogen) atoms. The summed E-state index contributed by atoms with van der Waals surface area (Å²) in [4.78, 5) is 15.4. The van der Waals surface area contributed by atoms with Crippen molar-refractivity contribution in [1.82, 2.24) is 4.98 Å². The van der Waals surface area contributed by atoms with Crippen molar-refractivity contribution in [3.05, 3.63) is 71.2 Å². The Labute approximate surface area is 146 Å². The fraction of sp³-hybridized carbons (Fsp3) is 0.0526. The highest BCUT2D eigenvalue weighted by Crippen LogP contribution is 2.23. The van der Waals surface area contributed by atoms with Crippen molar-refractivity contribution < 1.29 is 22.7 Å². The second-order valence-electron chi connectivity index (χ2n) is 5.34. The van der Waals surface area contributed by atoms with E-state index in [0.717, 1.165) is 0 Å². The molecule has 7 heteroatoms. The van der Waals surface area contributed by atoms with Crippen molar-refractivity contribution in [3.8, 4) is 11.8 Å². The maximum Gasteiger partial charge on any atom is 0.387 e. The number of allylic oxidation sites excluding steroid dienone is 1. The number of aromatic nitrogens is 1. The second kappa shape index (κ2) is 7.15. The van der Waals surface area contributed by atoms with Crippen LogP contribution >= 0.6 is 0 Å². The molecule has 0 aliphatic carbocycles. The van der Waals surface area contributed by atoms with Crippen LogP contribution in [0, 0.1) is 17.1 Å². The number of carbonyl (C=O) groups excluding carboxylic acids is 1. The minimum Gasteiger partial charge on any atom is -0.435 e. The van der Waals surface area contributed by atoms with E-state index in [1.807, 2.05) is 6.07 Å². The molecule has 0 aliphatic heterocycles. The summed E-state index contributed by atoms with van der Waals surface area (Å²) in [6.45, 7) is -2.93. The zero-order valence-corrected chi connectivity index (χ0v) is 13.2. The summed E-state index contributed by atoms with van der Waals surface area (Å²) in [5.41, 5.74) is 1.02. The lowest BCUT2D eigenvalue weighted by atomic mass is 10.0. The van der Waals surface area contributed by atoms with Crippen molar-refractivity contribution in [3.63, 3.8) is 0 Å². The Balaban J connectivity index is 1.91. The number of H-pyrrole nitrogens is 1. The number of nitrogens with zero attached hydrogens (tertiary/aromatic N) is 1. The van der Waals surface area contributed by atoms with Gasteiger partial charge in [-0.25, -0.2) is 4.39 Å². The van der Waals surface area contributed by atoms with Gasteiger partial charge in [0.2, 0.25) is 5.78 Å². The molecule has 1 aromatic heterocycles. The van der Waals surface area contributed by atoms with E-state index in [9.17, 15) is 23.2 Å². The molecule has 0 saturated heterocycles. The van der Waals surface area contributed by atoms with E-state index >= 15 is 0 Å². The van der Waals surface area contributed by atoms with E-state index in [2.05, 4.69) is 9.72 Å². The normalized spacial score (nSPS) is 11.6. The van der Waals surface area contributed by atoms with Gasteiger partial charge in [0.25, 0.3) is 0 Å². The van der Waals surface area contributed by atoms with E-state index in [1.165, 1.54) is 54.7 Å². The lowest BCUT2D eigenvalue weighted by Gasteiger charge is -2.04. The zero-order valence-electron chi connectivity index (χ0n) is 13.2. The third-order valence-corrected chi connectivity index (χ3v) is 3.67. The first-order valence-corrected chi connectivity index (χ1v) is 7.46. The molecule has 0 spiro atoms. The molecule has 3 aromatic rings. The van der Waals surface area contributed by atoms with Gasteiger partial charge in [-0.05, 0) is 42.0 Å². The minimum atomic E-state index is -2.93. The Morgan fingerprint density at radius 3 is 2.58 bits per heavy atom. The van der Waals surface area contributed by atoms with Crippen molar-refractivity contribution in [1.29, 1.82) is 5.26 Å². The van der Waals surface area contributed by atoms with Gasteiger partial charge in [-0.1, -0.05) is 12.1 Å². The average Bonchev–Trinajstić information content (AvgIpc) is 3.03. The average molecular weight is 356 g/mol. The number of rotatable bonds is 5. The van der Waals surface area contributed by atoms with Crippen LogP contribution < -0.4 is 4.74 Å². The van der Waals surface area contributed by atoms with Gasteiger partial charge in [-0.3, -0.25) is 4.79 Å². The van der Waals surface area contributed by atoms with Crippen LogP contribution in [0.4, 0.5) is 13.2 Å². The summed E-state index contributed by atoms with van der Waals surface area (Å²) in [7, 11) is 0. The number of hydrogen-bond donors (Lipinski definition) is 1. The van der Waals surface area contributed by atoms with Crippen molar-refractivity contribution in [2.24, 2.45) is 0 Å². The molecule has 0 unspecified atom stereocenters. The molecule has 3 rings (SSSR count). The van der Waals surface area contributed by atoms with Crippen LogP contribution in [0.2, 0.25) is 0 Å². The molecule has 130 valence electrons. The maximum atomic E-state index is 13.2. The summed E-state index contributed by atoms with van der Waals surface area (Å²) >= 11 is 0. The number of nitrogens with one attached hydrogen (secondary N) is 1. The van der Waals surface area contributed by atoms with Crippen LogP contribution in [0.25, 0.3) is 17.0 Å². The van der Waals surface area contributed by atoms with Crippen LogP contribution in [0.1, 0.15) is 15.9 Å². The van der Waals surface area contributed by atoms with Gasteiger partial charge < -0.3 is 9.72 Å². The molecule has 2 aromatic carbocycles. The van der Waals surface area contributed by atoms with Gasteiger partial charge in [0.1, 0.15) is 23.2 Å². The Kier molecular flexibility index (Phi) is 4.76. The Morgan fingerprint density at radius 2 is 1.92 bits per heavy atom. The number of fused-ring (bicyclic) bond motifs is 1. The highest BCUT2D eigenvalue weighted by molar-refractivity contribution is 6.19. The van der Waals surface area contributed by atoms with Crippen LogP contribution in [0.5, 0.6) is 5.75 Å². The molecule has 0 saturated carbocycles. The van der Waals surface area contributed by atoms with E-state index in [-0.39, 0.29) is 16.9 Å². The van der Waals surface area contributed by atoms with Crippen LogP contribution in [-0.2, 0) is 0 Å². The first-order valence-electron chi connectivity index (χ1n) is 7.46. The summed E-state index contributed by atoms with van der Waals surface area (Å²) in [5, 5.41) is 9.81. The smallest absolute Gasteiger partial charge is 0.387 e. The molecular weight excluding hydrogens is 345 g/mol. The minimum absolute atomic E-state index is 0.0272. The number of hydrogen-bond acceptors (Lipinski definition) is 3. The first-order chi connectivity index (χ1) is 12.5. The number of Topliss-reactive ketones (excluding diaryl/α,β-unsaturated/α-hetero) is 1. The molecule has 0 radical (unpaired) electrons. The van der Waals surface area contributed by atoms with E-state index in [0.29, 0.717) is 16.5 Å². The van der Waals surface area contributed by atoms with E-state index < -0.39 is 18.2 Å². The Morgan fingerprint density at radius 1 is 1.19 bits per heavy atom. The quantitative estimate of drug-likeness (QED) is 0.409. The van der Waals surface area contributed by atoms with Crippen molar-refractivity contribution in [2.75, 3.05) is 0 Å². The summed E-state index contributed by atoms with van der Waals surface area (Å²) in [5.74, 6) is -1.00. The SMILES string of the molecule is N#C/C(=C/c1ccc(OC(F)F)cc1)C(=O)c1c[nH]c2cc(F)ccc12. The number of ketones is 1. The van der Waals surface area contributed by atoms with Gasteiger partial charge in [0.15, 0.2) is 0 Å². The van der Waals surface area contributed by atoms with Crippen LogP contribution in [-0.4, -0.2) is 17.4 Å². The van der Waals surface area contributed by atoms with Gasteiger partial charge in [-0.2, -0.15) is 14.0 Å². The highest BCUT2D eigenvalue weighted by atomic mass is 19.3. The van der Waals surface area contributed by atoms with E-state index in [1.54, 1.807) is 0 Å². The molecule has 0 atom stereocenters. The third kappa shape index (κ3) is 3.59. The number of ether oxygens (including phenoxy) is 1. The maximum absolute atomic E-state index is 13.2. The van der Waals surface area contributed by atoms with Gasteiger partial charge in [0, 0.05) is 22.7 Å². The summed E-state index contributed by atoms with van der Waals surface area (Å²) in [6, 6.07) is 11.3. The topological polar surface area (TPSA) is 65.9 Å². The predicted octanol–water partition coefficient (Wildman–Crippen LogP) is 4.70. The lowest BCUT2D eigenvalue weighted by Crippen LogP contribution is -2.02. The van der Waals surface area contributed by atoms with Crippen LogP contribution in [0.15, 0.2) is 54.2 Å². The van der Waals surface area contributed by atoms with Crippen molar-refractivity contribution >= 4 is 22.8 Å². The van der Waals surface area contributed by atoms with Gasteiger partial charge in [-0.15, -0.1) is 0 Å². The van der Waals surface area contributed by atoms with Gasteiger partial charge in [0.05, 0.1) is 0 Å². The third-order valence-electron chi connectivity index (χ3n) is 3.67. The molecule has 4 nitrogen and oxygen atoms in total. The standard InChI is InChI=1S/C19H11F3N2O2/c20-13-3-6-15-16(10-24-17(15)8-13)18(25)12(9-23)7-11-1-4-14(5-2-11)26-19(21)22/h1-8,10,19,24H/b12-7-. The number of aromatic amines is 1. The summed E-state index contributed by atoms with van der Waals surface area (Å²) < 4.78 is 41.8. The van der Waals surface area contributed by atoms with E-state index in [4.69, 9.17) is 0 Å². The summed E-state index contributed by atoms with van der Waals surface area (Å²) in [6.07, 6.45) is 2.76. The molecule has 0 amide bonds. The van der Waals surface area contributed by atoms with Crippen molar-refractivity contribution in [2.45, 2.75) is 6.61 Å². The van der Waals surface area contributed by atoms with Gasteiger partial charge >= 0.3 is 6.61 Å². The first kappa shape index (κ1) is 17.3. The largest absolute Gasteiger partial charge is 0.435 e. The zero-order chi connectivity index (χ0) is 18.7. The number of benzene rings is 2. The number of carbonyl (C=O) groups is 1. The number of halogens is 3. The monoisotopic (exact) mass is 356 g/mol. The highest BCUT2D eigenvalue weighted by Gasteiger charge is 2.17. The lowest BCUT2D eigenvalue weighted by molar-refractivity contribution is -0.0498. The molecule has 0 fully saturated rings. The second-order valence-corrected chi connectivity index (χ2v) is 5.34. The number of alkyl halides is 2. The molecule has 0 aliphatic rings.